The summed E-state index contributed by atoms with van der Waals surface area (Å²) in [6.07, 6.45) is 6.78. The van der Waals surface area contributed by atoms with E-state index in [1.54, 1.807) is 18.2 Å². The Hall–Kier alpha value is -4.17. The molecule has 1 aliphatic carbocycles. The molecule has 0 heterocycles. The summed E-state index contributed by atoms with van der Waals surface area (Å²) >= 11 is 0. The predicted molar refractivity (Wildman–Crippen MR) is 145 cm³/mol. The van der Waals surface area contributed by atoms with E-state index in [4.69, 9.17) is 25.5 Å². The first kappa shape index (κ1) is 28.4. The van der Waals surface area contributed by atoms with Crippen molar-refractivity contribution in [3.63, 3.8) is 0 Å². The van der Waals surface area contributed by atoms with E-state index >= 15 is 0 Å². The van der Waals surface area contributed by atoms with Crippen LogP contribution in [0.3, 0.4) is 0 Å². The fourth-order valence-electron chi connectivity index (χ4n) is 4.06. The zero-order valence-electron chi connectivity index (χ0n) is 20.8. The second-order valence-electron chi connectivity index (χ2n) is 8.94. The molecule has 0 saturated heterocycles. The lowest BCUT2D eigenvalue weighted by atomic mass is 9.84. The summed E-state index contributed by atoms with van der Waals surface area (Å²) in [7, 11) is -3.59. The molecule has 8 heteroatoms. The molecular weight excluding hydrogens is 504 g/mol. The van der Waals surface area contributed by atoms with Crippen LogP contribution in [0.1, 0.15) is 43.6 Å². The standard InChI is InChI=1S/C12H10O4S.C12H16O.C6H6O2/c13-9-1-5-11(6-2-9)17(15,16)12-7-3-10(14)4-8-12;13-12-8-6-11(7-9-12)10-4-2-1-3-5-10;7-5-2-1-3-6(8)4-5/h1-8,13-14H;6-10,13H,1-5H2;1-4,7-8H. The Morgan fingerprint density at radius 1 is 0.500 bits per heavy atom. The van der Waals surface area contributed by atoms with Crippen LogP contribution in [-0.4, -0.2) is 34.0 Å². The van der Waals surface area contributed by atoms with E-state index in [9.17, 15) is 8.42 Å². The molecule has 38 heavy (non-hydrogen) atoms. The average molecular weight is 537 g/mol. The lowest BCUT2D eigenvalue weighted by molar-refractivity contribution is 0.442. The van der Waals surface area contributed by atoms with Crippen LogP contribution in [0.25, 0.3) is 0 Å². The lowest BCUT2D eigenvalue weighted by Crippen LogP contribution is -2.03. The molecule has 5 rings (SSSR count). The quantitative estimate of drug-likeness (QED) is 0.202. The fraction of sp³-hybridized carbons (Fsp3) is 0.200. The number of benzene rings is 4. The third-order valence-electron chi connectivity index (χ3n) is 6.09. The number of phenols is 5. The zero-order chi connectivity index (χ0) is 27.5. The summed E-state index contributed by atoms with van der Waals surface area (Å²) < 4.78 is 24.2. The molecule has 0 bridgehead atoms. The van der Waals surface area contributed by atoms with Crippen LogP contribution in [0.5, 0.6) is 28.7 Å². The largest absolute Gasteiger partial charge is 0.508 e. The molecule has 0 aromatic heterocycles. The third-order valence-corrected chi connectivity index (χ3v) is 7.88. The summed E-state index contributed by atoms with van der Waals surface area (Å²) in [5.41, 5.74) is 1.40. The van der Waals surface area contributed by atoms with Gasteiger partial charge in [0.25, 0.3) is 0 Å². The number of hydrogen-bond donors (Lipinski definition) is 5. The molecule has 4 aromatic rings. The summed E-state index contributed by atoms with van der Waals surface area (Å²) in [6, 6.07) is 24.1. The molecule has 0 amide bonds. The van der Waals surface area contributed by atoms with Gasteiger partial charge in [-0.2, -0.15) is 0 Å². The van der Waals surface area contributed by atoms with Gasteiger partial charge in [0.1, 0.15) is 28.7 Å². The Morgan fingerprint density at radius 3 is 1.26 bits per heavy atom. The summed E-state index contributed by atoms with van der Waals surface area (Å²) in [5, 5.41) is 44.7. The van der Waals surface area contributed by atoms with Crippen molar-refractivity contribution in [2.24, 2.45) is 0 Å². The Labute approximate surface area is 222 Å². The highest BCUT2D eigenvalue weighted by molar-refractivity contribution is 7.91. The molecule has 0 radical (unpaired) electrons. The fourth-order valence-corrected chi connectivity index (χ4v) is 5.32. The summed E-state index contributed by atoms with van der Waals surface area (Å²) in [5.74, 6) is 1.31. The molecule has 0 atom stereocenters. The minimum Gasteiger partial charge on any atom is -0.508 e. The second-order valence-corrected chi connectivity index (χ2v) is 10.9. The molecule has 5 N–H and O–H groups in total. The summed E-state index contributed by atoms with van der Waals surface area (Å²) in [4.78, 5) is 0.196. The van der Waals surface area contributed by atoms with Crippen LogP contribution in [0.15, 0.2) is 107 Å². The Bertz CT molecular complexity index is 1310. The van der Waals surface area contributed by atoms with Crippen LogP contribution in [-0.2, 0) is 9.84 Å². The molecule has 1 saturated carbocycles. The van der Waals surface area contributed by atoms with Crippen molar-refractivity contribution in [1.29, 1.82) is 0 Å². The monoisotopic (exact) mass is 536 g/mol. The lowest BCUT2D eigenvalue weighted by Gasteiger charge is -2.21. The first-order valence-corrected chi connectivity index (χ1v) is 13.7. The van der Waals surface area contributed by atoms with Crippen LogP contribution in [0.4, 0.5) is 0 Å². The van der Waals surface area contributed by atoms with Crippen molar-refractivity contribution < 1.29 is 34.0 Å². The van der Waals surface area contributed by atoms with E-state index in [2.05, 4.69) is 12.1 Å². The van der Waals surface area contributed by atoms with Crippen LogP contribution in [0, 0.1) is 0 Å². The van der Waals surface area contributed by atoms with E-state index in [0.717, 1.165) is 5.92 Å². The molecule has 0 unspecified atom stereocenters. The maximum absolute atomic E-state index is 12.1. The molecule has 7 nitrogen and oxygen atoms in total. The highest BCUT2D eigenvalue weighted by Gasteiger charge is 2.17. The van der Waals surface area contributed by atoms with Crippen molar-refractivity contribution in [2.75, 3.05) is 0 Å². The molecule has 0 spiro atoms. The topological polar surface area (TPSA) is 135 Å². The Morgan fingerprint density at radius 2 is 0.895 bits per heavy atom. The first-order chi connectivity index (χ1) is 18.1. The van der Waals surface area contributed by atoms with Crippen LogP contribution in [0.2, 0.25) is 0 Å². The van der Waals surface area contributed by atoms with Crippen LogP contribution >= 0.6 is 0 Å². The van der Waals surface area contributed by atoms with Gasteiger partial charge in [0, 0.05) is 6.07 Å². The van der Waals surface area contributed by atoms with Gasteiger partial charge in [0.2, 0.25) is 9.84 Å². The normalized spacial score (nSPS) is 13.4. The van der Waals surface area contributed by atoms with Gasteiger partial charge in [0.05, 0.1) is 9.79 Å². The number of aromatic hydroxyl groups is 5. The smallest absolute Gasteiger partial charge is 0.206 e. The van der Waals surface area contributed by atoms with E-state index in [-0.39, 0.29) is 32.8 Å². The van der Waals surface area contributed by atoms with Crippen molar-refractivity contribution in [1.82, 2.24) is 0 Å². The van der Waals surface area contributed by atoms with Gasteiger partial charge in [-0.3, -0.25) is 0 Å². The Balaban J connectivity index is 0.000000168. The average Bonchev–Trinajstić information content (AvgIpc) is 2.91. The highest BCUT2D eigenvalue weighted by Crippen LogP contribution is 2.33. The SMILES string of the molecule is O=S(=O)(c1ccc(O)cc1)c1ccc(O)cc1.Oc1ccc(C2CCCCC2)cc1.Oc1cccc(O)c1. The molecule has 4 aromatic carbocycles. The minimum atomic E-state index is -3.59. The highest BCUT2D eigenvalue weighted by atomic mass is 32.2. The summed E-state index contributed by atoms with van der Waals surface area (Å²) in [6.45, 7) is 0. The molecule has 0 aliphatic heterocycles. The minimum absolute atomic E-state index is 0.00894. The molecule has 1 fully saturated rings. The van der Waals surface area contributed by atoms with Gasteiger partial charge in [-0.15, -0.1) is 0 Å². The number of phenolic OH excluding ortho intramolecular Hbond substituents is 5. The third kappa shape index (κ3) is 8.45. The van der Waals surface area contributed by atoms with Crippen molar-refractivity contribution >= 4 is 9.84 Å². The van der Waals surface area contributed by atoms with Gasteiger partial charge in [-0.05, 0) is 97.1 Å². The molecular formula is C30H32O7S. The van der Waals surface area contributed by atoms with Crippen LogP contribution < -0.4 is 0 Å². The Kier molecular flexibility index (Phi) is 10.0. The first-order valence-electron chi connectivity index (χ1n) is 12.3. The van der Waals surface area contributed by atoms with Gasteiger partial charge in [-0.1, -0.05) is 37.5 Å². The number of sulfone groups is 1. The van der Waals surface area contributed by atoms with E-state index in [1.165, 1.54) is 104 Å². The van der Waals surface area contributed by atoms with Gasteiger partial charge >= 0.3 is 0 Å². The predicted octanol–water partition coefficient (Wildman–Crippen LogP) is 6.47. The van der Waals surface area contributed by atoms with Crippen molar-refractivity contribution in [3.8, 4) is 28.7 Å². The van der Waals surface area contributed by atoms with Crippen molar-refractivity contribution in [3.05, 3.63) is 103 Å². The van der Waals surface area contributed by atoms with E-state index < -0.39 is 9.84 Å². The molecule has 200 valence electrons. The maximum atomic E-state index is 12.1. The van der Waals surface area contributed by atoms with Crippen molar-refractivity contribution in [2.45, 2.75) is 47.8 Å². The zero-order valence-corrected chi connectivity index (χ0v) is 21.6. The van der Waals surface area contributed by atoms with Gasteiger partial charge < -0.3 is 25.5 Å². The van der Waals surface area contributed by atoms with E-state index in [1.807, 2.05) is 0 Å². The van der Waals surface area contributed by atoms with E-state index in [0.29, 0.717) is 5.75 Å². The van der Waals surface area contributed by atoms with Gasteiger partial charge in [-0.25, -0.2) is 8.42 Å². The second kappa shape index (κ2) is 13.4. The number of hydrogen-bond acceptors (Lipinski definition) is 7. The van der Waals surface area contributed by atoms with Gasteiger partial charge in [0.15, 0.2) is 0 Å². The maximum Gasteiger partial charge on any atom is 0.206 e. The number of rotatable bonds is 3. The molecule has 1 aliphatic rings.